The number of aromatic nitrogens is 2. The third-order valence-corrected chi connectivity index (χ3v) is 5.96. The van der Waals surface area contributed by atoms with Gasteiger partial charge in [-0.25, -0.2) is 13.8 Å². The summed E-state index contributed by atoms with van der Waals surface area (Å²) in [5, 5.41) is 8.27. The number of carbonyl (C=O) groups excluding carboxylic acids is 1. The van der Waals surface area contributed by atoms with Gasteiger partial charge in [0.2, 0.25) is 5.91 Å². The largest absolute Gasteiger partial charge is 1.00 e. The first-order chi connectivity index (χ1) is 15.9. The average molecular weight is 465 g/mol. The van der Waals surface area contributed by atoms with E-state index >= 15 is 0 Å². The van der Waals surface area contributed by atoms with Crippen LogP contribution >= 0.6 is 0 Å². The molecule has 1 aromatic heterocycles. The predicted octanol–water partition coefficient (Wildman–Crippen LogP) is 2.57. The van der Waals surface area contributed by atoms with Gasteiger partial charge in [0.1, 0.15) is 11.6 Å². The summed E-state index contributed by atoms with van der Waals surface area (Å²) in [7, 11) is 0. The van der Waals surface area contributed by atoms with Crippen LogP contribution in [0.5, 0.6) is 0 Å². The van der Waals surface area contributed by atoms with Crippen molar-refractivity contribution in [1.29, 1.82) is 5.41 Å². The smallest absolute Gasteiger partial charge is 0.358 e. The summed E-state index contributed by atoms with van der Waals surface area (Å²) in [4.78, 5) is 19.2. The normalized spacial score (nSPS) is 14.0. The second-order valence-electron chi connectivity index (χ2n) is 8.19. The third-order valence-electron chi connectivity index (χ3n) is 5.96. The number of halogens is 2. The second kappa shape index (κ2) is 10.6. The van der Waals surface area contributed by atoms with E-state index < -0.39 is 12.1 Å². The van der Waals surface area contributed by atoms with Gasteiger partial charge in [-0.3, -0.25) is 9.36 Å². The van der Waals surface area contributed by atoms with E-state index in [9.17, 15) is 13.6 Å². The Balaban J connectivity index is 0.00000171. The minimum atomic E-state index is -1.22. The molecule has 0 spiro atoms. The summed E-state index contributed by atoms with van der Waals surface area (Å²) < 4.78 is 29.4. The van der Waals surface area contributed by atoms with E-state index in [0.717, 1.165) is 11.0 Å². The molecule has 1 saturated heterocycles. The van der Waals surface area contributed by atoms with E-state index in [2.05, 4.69) is 11.1 Å². The van der Waals surface area contributed by atoms with Crippen LogP contribution in [-0.4, -0.2) is 39.2 Å². The first-order valence-corrected chi connectivity index (χ1v) is 10.7. The van der Waals surface area contributed by atoms with E-state index in [0.29, 0.717) is 35.6 Å². The Hall–Kier alpha value is -3.27. The van der Waals surface area contributed by atoms with Gasteiger partial charge in [-0.15, -0.1) is 29.8 Å². The summed E-state index contributed by atoms with van der Waals surface area (Å²) >= 11 is 0. The van der Waals surface area contributed by atoms with Crippen LogP contribution in [0.3, 0.4) is 0 Å². The summed E-state index contributed by atoms with van der Waals surface area (Å²) in [6.45, 7) is 2.39. The number of benzene rings is 3. The van der Waals surface area contributed by atoms with Gasteiger partial charge in [0.15, 0.2) is 6.30 Å². The number of amides is 1. The van der Waals surface area contributed by atoms with E-state index in [4.69, 9.17) is 5.41 Å². The molecule has 0 unspecified atom stereocenters. The minimum Gasteiger partial charge on any atom is -0.358 e. The molecule has 5 nitrogen and oxygen atoms in total. The molecule has 35 heavy (non-hydrogen) atoms. The summed E-state index contributed by atoms with van der Waals surface area (Å²) in [5.74, 6) is 0.0547. The zero-order chi connectivity index (χ0) is 23.1. The Morgan fingerprint density at radius 3 is 2.51 bits per heavy atom. The van der Waals surface area contributed by atoms with Gasteiger partial charge >= 0.3 is 18.9 Å². The van der Waals surface area contributed by atoms with Crippen molar-refractivity contribution in [1.82, 2.24) is 14.5 Å². The molecule has 174 valence electrons. The molecule has 1 aliphatic heterocycles. The van der Waals surface area contributed by atoms with Gasteiger partial charge in [0.25, 0.3) is 0 Å². The Morgan fingerprint density at radius 2 is 1.86 bits per heavy atom. The molecule has 1 fully saturated rings. The number of nitrogens with zero attached hydrogens (tertiary/aromatic N) is 3. The Morgan fingerprint density at radius 1 is 1.11 bits per heavy atom. The zero-order valence-corrected chi connectivity index (χ0v) is 19.9. The Labute approximate surface area is 215 Å². The molecule has 1 atom stereocenters. The number of alkyl halides is 1. The molecule has 4 aromatic rings. The molecule has 0 bridgehead atoms. The topological polar surface area (TPSA) is 62.0 Å². The number of nitrogens with one attached hydrogen (secondary N) is 1. The van der Waals surface area contributed by atoms with Crippen molar-refractivity contribution in [2.45, 2.75) is 19.1 Å². The maximum atomic E-state index is 14.3. The van der Waals surface area contributed by atoms with Crippen LogP contribution in [0.15, 0.2) is 66.7 Å². The van der Waals surface area contributed by atoms with Crippen LogP contribution in [0.1, 0.15) is 46.4 Å². The van der Waals surface area contributed by atoms with Crippen LogP contribution in [-0.2, 0) is 0 Å². The second-order valence-corrected chi connectivity index (χ2v) is 8.19. The molecule has 3 aromatic carbocycles. The van der Waals surface area contributed by atoms with Gasteiger partial charge in [-0.2, -0.15) is 0 Å². The number of para-hydroxylation sites is 2. The first kappa shape index (κ1) is 26.3. The van der Waals surface area contributed by atoms with Gasteiger partial charge in [0, 0.05) is 13.1 Å². The third kappa shape index (κ3) is 4.93. The molecule has 0 radical (unpaired) electrons. The molecule has 8 heteroatoms. The van der Waals surface area contributed by atoms with Gasteiger partial charge in [-0.1, -0.05) is 24.3 Å². The van der Waals surface area contributed by atoms with Crippen molar-refractivity contribution in [3.63, 3.8) is 0 Å². The van der Waals surface area contributed by atoms with Crippen molar-refractivity contribution in [3.05, 3.63) is 109 Å². The van der Waals surface area contributed by atoms with Crippen LogP contribution in [0.25, 0.3) is 11.0 Å². The molecule has 1 N–H and O–H groups in total. The number of hydrogen-bond acceptors (Lipinski definition) is 3. The summed E-state index contributed by atoms with van der Waals surface area (Å²) in [5.41, 5.74) is 3.00. The molecule has 2 heterocycles. The van der Waals surface area contributed by atoms with Crippen LogP contribution in [0, 0.1) is 24.7 Å². The first-order valence-electron chi connectivity index (χ1n) is 10.7. The van der Waals surface area contributed by atoms with Gasteiger partial charge in [0.05, 0.1) is 17.0 Å². The van der Waals surface area contributed by atoms with Crippen LogP contribution in [0.4, 0.5) is 8.78 Å². The van der Waals surface area contributed by atoms with E-state index in [-0.39, 0.29) is 43.8 Å². The molecule has 1 aliphatic rings. The number of likely N-dealkylation sites (tertiary alicyclic amines) is 1. The quantitative estimate of drug-likeness (QED) is 0.280. The maximum absolute atomic E-state index is 14.3. The summed E-state index contributed by atoms with van der Waals surface area (Å²) in [6.07, 6.45) is -1.22. The van der Waals surface area contributed by atoms with Crippen molar-refractivity contribution in [3.8, 4) is 0 Å². The SMILES string of the molecule is C[C@@H](F)n1c(C2CN(C(=O)c3c[c-]c(C(=N)c4cccc(F)c4)cc3)C2)nc2ccccc21.[CH3-].[Li+]. The number of carbonyl (C=O) groups is 1. The fourth-order valence-electron chi connectivity index (χ4n) is 4.23. The average Bonchev–Trinajstić information content (AvgIpc) is 3.17. The number of hydrogen-bond donors (Lipinski definition) is 1. The number of rotatable bonds is 5. The van der Waals surface area contributed by atoms with Crippen LogP contribution in [0.2, 0.25) is 0 Å². The van der Waals surface area contributed by atoms with Crippen molar-refractivity contribution in [2.75, 3.05) is 13.1 Å². The molecule has 0 aliphatic carbocycles. The minimum absolute atomic E-state index is 0. The van der Waals surface area contributed by atoms with E-state index in [1.165, 1.54) is 19.1 Å². The van der Waals surface area contributed by atoms with E-state index in [1.54, 1.807) is 39.8 Å². The van der Waals surface area contributed by atoms with E-state index in [1.807, 2.05) is 24.3 Å². The monoisotopic (exact) mass is 465 g/mol. The zero-order valence-electron chi connectivity index (χ0n) is 19.9. The molecular formula is C27H24F2LiN4O-. The fraction of sp³-hybridized carbons (Fsp3) is 0.185. The van der Waals surface area contributed by atoms with Gasteiger partial charge in [-0.05, 0) is 48.0 Å². The van der Waals surface area contributed by atoms with Gasteiger partial charge < -0.3 is 17.7 Å². The molecule has 1 amide bonds. The molecule has 5 rings (SSSR count). The molecular weight excluding hydrogens is 441 g/mol. The molecule has 0 saturated carbocycles. The summed E-state index contributed by atoms with van der Waals surface area (Å²) in [6, 6.07) is 21.1. The standard InChI is InChI=1S/C26H21F2N4O.CH3.Li/c1-16(27)32-23-8-3-2-7-22(23)30-25(32)20-14-31(15-20)26(33)18-11-9-17(10-12-18)24(29)19-5-4-6-21(28)13-19;;/h2-9,11-13,16,20,29H,14-15H2,1H3;1H3;/q2*-1;+1/t16-;;/m0../s1. The van der Waals surface area contributed by atoms with Crippen molar-refractivity contribution in [2.24, 2.45) is 0 Å². The maximum Gasteiger partial charge on any atom is 1.00 e. The predicted molar refractivity (Wildman–Crippen MR) is 128 cm³/mol. The number of imidazole rings is 1. The number of fused-ring (bicyclic) bond motifs is 1. The van der Waals surface area contributed by atoms with Crippen LogP contribution < -0.4 is 18.9 Å². The fourth-order valence-corrected chi connectivity index (χ4v) is 4.23. The Bertz CT molecular complexity index is 1360. The van der Waals surface area contributed by atoms with Crippen molar-refractivity contribution >= 4 is 22.7 Å². The van der Waals surface area contributed by atoms with Crippen molar-refractivity contribution < 1.29 is 32.4 Å². The Kier molecular flexibility index (Phi) is 7.94.